The number of nitrogens with zero attached hydrogens (tertiary/aromatic N) is 1. The Morgan fingerprint density at radius 2 is 2.57 bits per heavy atom. The Balaban J connectivity index is 4.39. The summed E-state index contributed by atoms with van der Waals surface area (Å²) >= 11 is 0. The smallest absolute Gasteiger partial charge is 0.320 e. The number of carbonyl (C=O) groups is 1. The molecule has 0 aliphatic heterocycles. The van der Waals surface area contributed by atoms with Crippen LogP contribution in [0.2, 0.25) is 0 Å². The summed E-state index contributed by atoms with van der Waals surface area (Å²) in [6.45, 7) is -5.13. The molecule has 0 saturated heterocycles. The van der Waals surface area contributed by atoms with E-state index >= 15 is 0 Å². The summed E-state index contributed by atoms with van der Waals surface area (Å²) in [4.78, 5) is 13.7. The van der Waals surface area contributed by atoms with Gasteiger partial charge >= 0.3 is 5.97 Å². The number of guanidine groups is 1. The SMILES string of the molecule is [2H]C([2H])([2H])N=C(NCCC[C@H](N)C(=O)O)NC([2H])([2H])[2H]. The van der Waals surface area contributed by atoms with E-state index in [0.717, 1.165) is 0 Å². The van der Waals surface area contributed by atoms with Crippen molar-refractivity contribution in [2.45, 2.75) is 18.9 Å². The average Bonchev–Trinajstić information content (AvgIpc) is 2.18. The number of nitrogens with two attached hydrogens (primary N) is 1. The minimum Gasteiger partial charge on any atom is -0.480 e. The molecular formula is C8H18N4O2. The lowest BCUT2D eigenvalue weighted by Crippen LogP contribution is -2.36. The Labute approximate surface area is 92.0 Å². The molecule has 0 amide bonds. The Morgan fingerprint density at radius 3 is 3.14 bits per heavy atom. The highest BCUT2D eigenvalue weighted by Crippen LogP contribution is 1.92. The van der Waals surface area contributed by atoms with Crippen molar-refractivity contribution in [2.24, 2.45) is 10.7 Å². The van der Waals surface area contributed by atoms with Crippen LogP contribution in [0.25, 0.3) is 0 Å². The molecule has 0 fully saturated rings. The number of aliphatic imine (C=N–C) groups is 1. The fourth-order valence-electron chi connectivity index (χ4n) is 0.764. The van der Waals surface area contributed by atoms with Crippen LogP contribution < -0.4 is 16.4 Å². The Bertz CT molecular complexity index is 354. The van der Waals surface area contributed by atoms with Crippen molar-refractivity contribution in [3.63, 3.8) is 0 Å². The van der Waals surface area contributed by atoms with E-state index in [0.29, 0.717) is 6.42 Å². The molecular weight excluding hydrogens is 184 g/mol. The minimum atomic E-state index is -2.68. The first-order chi connectivity index (χ1) is 8.91. The molecule has 0 bridgehead atoms. The van der Waals surface area contributed by atoms with Crippen molar-refractivity contribution < 1.29 is 18.1 Å². The van der Waals surface area contributed by atoms with Crippen LogP contribution in [0.15, 0.2) is 4.99 Å². The molecule has 82 valence electrons. The fourth-order valence-corrected chi connectivity index (χ4v) is 0.764. The van der Waals surface area contributed by atoms with Gasteiger partial charge in [-0.25, -0.2) is 0 Å². The largest absolute Gasteiger partial charge is 0.480 e. The predicted molar refractivity (Wildman–Crippen MR) is 55.3 cm³/mol. The summed E-state index contributed by atoms with van der Waals surface area (Å²) in [5.41, 5.74) is 5.28. The molecule has 0 rings (SSSR count). The highest BCUT2D eigenvalue weighted by atomic mass is 16.4. The first-order valence-electron chi connectivity index (χ1n) is 7.01. The third kappa shape index (κ3) is 5.36. The minimum absolute atomic E-state index is 0.138. The van der Waals surface area contributed by atoms with Crippen LogP contribution in [0.3, 0.4) is 0 Å². The molecule has 6 heteroatoms. The first kappa shape index (κ1) is 5.55. The summed E-state index contributed by atoms with van der Waals surface area (Å²) in [7, 11) is 0. The van der Waals surface area contributed by atoms with Crippen molar-refractivity contribution in [3.05, 3.63) is 0 Å². The van der Waals surface area contributed by atoms with E-state index < -0.39 is 31.9 Å². The second-order valence-corrected chi connectivity index (χ2v) is 2.60. The normalized spacial score (nSPS) is 21.6. The molecule has 0 saturated carbocycles. The van der Waals surface area contributed by atoms with Crippen molar-refractivity contribution in [2.75, 3.05) is 20.5 Å². The van der Waals surface area contributed by atoms with E-state index in [1.165, 1.54) is 0 Å². The third-order valence-electron chi connectivity index (χ3n) is 1.53. The summed E-state index contributed by atoms with van der Waals surface area (Å²) in [6.07, 6.45) is 0.479. The summed E-state index contributed by atoms with van der Waals surface area (Å²) in [5.74, 6) is -1.53. The van der Waals surface area contributed by atoms with Crippen LogP contribution >= 0.6 is 0 Å². The topological polar surface area (TPSA) is 99.7 Å². The summed E-state index contributed by atoms with van der Waals surface area (Å²) < 4.78 is 41.9. The molecule has 0 aliphatic rings. The number of aliphatic carboxylic acids is 1. The molecule has 0 aliphatic carbocycles. The maximum absolute atomic E-state index is 10.5. The van der Waals surface area contributed by atoms with Gasteiger partial charge in [0.15, 0.2) is 5.96 Å². The number of hydrogen-bond donors (Lipinski definition) is 4. The number of carboxylic acids is 1. The molecule has 0 unspecified atom stereocenters. The zero-order chi connectivity index (χ0) is 16.0. The first-order valence-corrected chi connectivity index (χ1v) is 4.01. The molecule has 0 aromatic heterocycles. The maximum Gasteiger partial charge on any atom is 0.320 e. The van der Waals surface area contributed by atoms with Crippen LogP contribution in [-0.4, -0.2) is 43.6 Å². The number of nitrogens with one attached hydrogen (secondary N) is 2. The zero-order valence-corrected chi connectivity index (χ0v) is 7.58. The van der Waals surface area contributed by atoms with Crippen molar-refractivity contribution in [1.82, 2.24) is 10.6 Å². The molecule has 0 radical (unpaired) electrons. The number of rotatable bonds is 5. The standard InChI is InChI=1S/C8H18N4O2/c1-10-8(11-2)12-5-3-4-6(9)7(13)14/h6H,3-5,9H2,1-2H3,(H,13,14)(H2,10,11,12)/t6-/m0/s1/i1D3,2D3. The van der Waals surface area contributed by atoms with E-state index in [1.807, 2.05) is 5.32 Å². The Kier molecular flexibility index (Phi) is 2.83. The van der Waals surface area contributed by atoms with Gasteiger partial charge in [0.2, 0.25) is 0 Å². The van der Waals surface area contributed by atoms with Crippen LogP contribution in [0, 0.1) is 0 Å². The van der Waals surface area contributed by atoms with E-state index in [1.54, 1.807) is 0 Å². The van der Waals surface area contributed by atoms with Crippen molar-refractivity contribution >= 4 is 11.9 Å². The Morgan fingerprint density at radius 1 is 1.79 bits per heavy atom. The van der Waals surface area contributed by atoms with Crippen molar-refractivity contribution in [1.29, 1.82) is 0 Å². The van der Waals surface area contributed by atoms with Gasteiger partial charge in [0.1, 0.15) is 6.04 Å². The highest BCUT2D eigenvalue weighted by molar-refractivity contribution is 5.79. The van der Waals surface area contributed by atoms with Gasteiger partial charge in [-0.2, -0.15) is 0 Å². The van der Waals surface area contributed by atoms with Crippen LogP contribution in [0.5, 0.6) is 0 Å². The van der Waals surface area contributed by atoms with Gasteiger partial charge in [-0.1, -0.05) is 0 Å². The molecule has 14 heavy (non-hydrogen) atoms. The fraction of sp³-hybridized carbons (Fsp3) is 0.750. The second-order valence-electron chi connectivity index (χ2n) is 2.60. The molecule has 0 spiro atoms. The molecule has 0 heterocycles. The molecule has 5 N–H and O–H groups in total. The summed E-state index contributed by atoms with van der Waals surface area (Å²) in [5, 5.41) is 13.0. The third-order valence-corrected chi connectivity index (χ3v) is 1.53. The maximum atomic E-state index is 10.5. The monoisotopic (exact) mass is 208 g/mol. The van der Waals surface area contributed by atoms with Crippen molar-refractivity contribution in [3.8, 4) is 0 Å². The van der Waals surface area contributed by atoms with Gasteiger partial charge in [-0.3, -0.25) is 9.79 Å². The number of hydrogen-bond acceptors (Lipinski definition) is 3. The lowest BCUT2D eigenvalue weighted by Gasteiger charge is -2.09. The van der Waals surface area contributed by atoms with Gasteiger partial charge in [0, 0.05) is 28.7 Å². The van der Waals surface area contributed by atoms with Gasteiger partial charge < -0.3 is 21.5 Å². The van der Waals surface area contributed by atoms with Gasteiger partial charge in [0.25, 0.3) is 0 Å². The van der Waals surface area contributed by atoms with Gasteiger partial charge in [-0.15, -0.1) is 0 Å². The summed E-state index contributed by atoms with van der Waals surface area (Å²) in [6, 6.07) is -1.02. The van der Waals surface area contributed by atoms with Crippen LogP contribution in [-0.2, 0) is 4.79 Å². The quantitative estimate of drug-likeness (QED) is 0.263. The Hall–Kier alpha value is -1.30. The van der Waals surface area contributed by atoms with Gasteiger partial charge in [-0.05, 0) is 12.8 Å². The molecule has 0 aromatic rings. The molecule has 1 atom stereocenters. The molecule has 6 nitrogen and oxygen atoms in total. The average molecular weight is 208 g/mol. The lowest BCUT2D eigenvalue weighted by atomic mass is 10.2. The van der Waals surface area contributed by atoms with E-state index in [-0.39, 0.29) is 13.0 Å². The van der Waals surface area contributed by atoms with Crippen LogP contribution in [0.4, 0.5) is 0 Å². The molecule has 0 aromatic carbocycles. The van der Waals surface area contributed by atoms with Gasteiger partial charge in [0.05, 0.1) is 0 Å². The zero-order valence-electron chi connectivity index (χ0n) is 13.6. The number of carboxylic acid groups (broad SMARTS) is 1. The van der Waals surface area contributed by atoms with Crippen LogP contribution in [0.1, 0.15) is 21.1 Å². The predicted octanol–water partition coefficient (Wildman–Crippen LogP) is -1.03. The van der Waals surface area contributed by atoms with E-state index in [9.17, 15) is 4.79 Å². The second kappa shape index (κ2) is 7.14. The highest BCUT2D eigenvalue weighted by Gasteiger charge is 2.09. The lowest BCUT2D eigenvalue weighted by molar-refractivity contribution is -0.138. The van der Waals surface area contributed by atoms with E-state index in [4.69, 9.17) is 19.1 Å². The van der Waals surface area contributed by atoms with E-state index in [2.05, 4.69) is 10.3 Å².